The molecule has 0 saturated heterocycles. The predicted molar refractivity (Wildman–Crippen MR) is 115 cm³/mol. The van der Waals surface area contributed by atoms with Gasteiger partial charge in [0.1, 0.15) is 17.2 Å². The number of hydrogen-bond donors (Lipinski definition) is 3. The molecule has 0 spiro atoms. The molecule has 3 rings (SSSR count). The highest BCUT2D eigenvalue weighted by Crippen LogP contribution is 2.24. The molecule has 3 aromatic carbocycles. The number of rotatable bonds is 5. The molecule has 0 bridgehead atoms. The van der Waals surface area contributed by atoms with Crippen molar-refractivity contribution in [3.63, 3.8) is 0 Å². The normalized spacial score (nSPS) is 10.7. The van der Waals surface area contributed by atoms with Crippen molar-refractivity contribution >= 4 is 34.0 Å². The van der Waals surface area contributed by atoms with E-state index in [1.807, 2.05) is 19.1 Å². The van der Waals surface area contributed by atoms with Crippen LogP contribution >= 0.6 is 15.9 Å². The molecule has 0 aliphatic rings. The molecular weight excluding hydrogens is 452 g/mol. The third-order valence-corrected chi connectivity index (χ3v) is 4.63. The van der Waals surface area contributed by atoms with Crippen LogP contribution in [0.2, 0.25) is 0 Å². The molecule has 0 radical (unpaired) electrons. The maximum absolute atomic E-state index is 12.5. The number of aryl methyl sites for hydroxylation is 1. The summed E-state index contributed by atoms with van der Waals surface area (Å²) in [4.78, 5) is 24.7. The smallest absolute Gasteiger partial charge is 0.343 e. The SMILES string of the molecule is Cc1ccccc1C(=O)Oc1ccc(Br)cc1C=NNC(=O)c1ccc(O)cc1O. The Morgan fingerprint density at radius 2 is 1.80 bits per heavy atom. The molecule has 30 heavy (non-hydrogen) atoms. The van der Waals surface area contributed by atoms with Crippen LogP contribution in [-0.4, -0.2) is 28.3 Å². The minimum Gasteiger partial charge on any atom is -0.508 e. The van der Waals surface area contributed by atoms with E-state index in [1.165, 1.54) is 18.3 Å². The fourth-order valence-corrected chi connectivity index (χ4v) is 2.98. The molecule has 0 saturated carbocycles. The molecule has 8 heteroatoms. The molecule has 0 aromatic heterocycles. The Balaban J connectivity index is 1.77. The number of hydrazone groups is 1. The van der Waals surface area contributed by atoms with Crippen LogP contribution in [0.25, 0.3) is 0 Å². The summed E-state index contributed by atoms with van der Waals surface area (Å²) < 4.78 is 6.23. The number of esters is 1. The van der Waals surface area contributed by atoms with Gasteiger partial charge in [-0.2, -0.15) is 5.10 Å². The Morgan fingerprint density at radius 3 is 2.53 bits per heavy atom. The number of carbonyl (C=O) groups excluding carboxylic acids is 2. The van der Waals surface area contributed by atoms with Gasteiger partial charge in [0, 0.05) is 16.1 Å². The summed E-state index contributed by atoms with van der Waals surface area (Å²) in [6, 6.07) is 15.7. The van der Waals surface area contributed by atoms with Crippen molar-refractivity contribution in [2.24, 2.45) is 5.10 Å². The standard InChI is InChI=1S/C22H17BrN2O5/c1-13-4-2-3-5-17(13)22(29)30-20-9-6-15(23)10-14(20)12-24-25-21(28)18-8-7-16(26)11-19(18)27/h2-12,26-27H,1H3,(H,25,28). The quantitative estimate of drug-likeness (QED) is 0.225. The van der Waals surface area contributed by atoms with Gasteiger partial charge in [-0.15, -0.1) is 0 Å². The zero-order chi connectivity index (χ0) is 21.7. The zero-order valence-electron chi connectivity index (χ0n) is 15.8. The van der Waals surface area contributed by atoms with E-state index in [2.05, 4.69) is 26.5 Å². The molecule has 0 heterocycles. The van der Waals surface area contributed by atoms with Crippen LogP contribution in [-0.2, 0) is 0 Å². The third-order valence-electron chi connectivity index (χ3n) is 4.14. The maximum atomic E-state index is 12.5. The van der Waals surface area contributed by atoms with Crippen molar-refractivity contribution in [1.29, 1.82) is 0 Å². The summed E-state index contributed by atoms with van der Waals surface area (Å²) in [5.74, 6) is -1.46. The first kappa shape index (κ1) is 21.1. The van der Waals surface area contributed by atoms with Gasteiger partial charge in [-0.05, 0) is 48.9 Å². The minimum atomic E-state index is -0.669. The van der Waals surface area contributed by atoms with Crippen molar-refractivity contribution in [3.8, 4) is 17.2 Å². The molecule has 3 N–H and O–H groups in total. The highest BCUT2D eigenvalue weighted by molar-refractivity contribution is 9.10. The fourth-order valence-electron chi connectivity index (χ4n) is 2.60. The monoisotopic (exact) mass is 468 g/mol. The molecule has 0 unspecified atom stereocenters. The lowest BCUT2D eigenvalue weighted by Gasteiger charge is -2.09. The van der Waals surface area contributed by atoms with E-state index in [0.29, 0.717) is 11.1 Å². The average Bonchev–Trinajstić information content (AvgIpc) is 2.70. The van der Waals surface area contributed by atoms with E-state index in [4.69, 9.17) is 4.74 Å². The highest BCUT2D eigenvalue weighted by atomic mass is 79.9. The van der Waals surface area contributed by atoms with Crippen LogP contribution in [0.3, 0.4) is 0 Å². The van der Waals surface area contributed by atoms with Gasteiger partial charge in [0.25, 0.3) is 5.91 Å². The van der Waals surface area contributed by atoms with Gasteiger partial charge in [0.05, 0.1) is 17.3 Å². The van der Waals surface area contributed by atoms with E-state index in [1.54, 1.807) is 30.3 Å². The number of hydrogen-bond acceptors (Lipinski definition) is 6. The molecule has 3 aromatic rings. The third kappa shape index (κ3) is 5.03. The first-order valence-electron chi connectivity index (χ1n) is 8.78. The van der Waals surface area contributed by atoms with Crippen LogP contribution < -0.4 is 10.2 Å². The summed E-state index contributed by atoms with van der Waals surface area (Å²) in [6.45, 7) is 1.81. The molecular formula is C22H17BrN2O5. The number of aromatic hydroxyl groups is 2. The summed E-state index contributed by atoms with van der Waals surface area (Å²) in [6.07, 6.45) is 1.32. The summed E-state index contributed by atoms with van der Waals surface area (Å²) in [7, 11) is 0. The van der Waals surface area contributed by atoms with E-state index < -0.39 is 11.9 Å². The van der Waals surface area contributed by atoms with Gasteiger partial charge in [-0.1, -0.05) is 34.1 Å². The number of phenols is 2. The number of benzene rings is 3. The van der Waals surface area contributed by atoms with Crippen LogP contribution in [0.4, 0.5) is 0 Å². The first-order valence-corrected chi connectivity index (χ1v) is 9.57. The number of amides is 1. The van der Waals surface area contributed by atoms with Crippen molar-refractivity contribution in [2.45, 2.75) is 6.92 Å². The van der Waals surface area contributed by atoms with E-state index in [0.717, 1.165) is 16.1 Å². The Labute approximate surface area is 180 Å². The van der Waals surface area contributed by atoms with Crippen LogP contribution in [0, 0.1) is 6.92 Å². The topological polar surface area (TPSA) is 108 Å². The number of halogens is 1. The van der Waals surface area contributed by atoms with Gasteiger partial charge in [0.2, 0.25) is 0 Å². The lowest BCUT2D eigenvalue weighted by molar-refractivity contribution is 0.0733. The van der Waals surface area contributed by atoms with Crippen molar-refractivity contribution in [1.82, 2.24) is 5.43 Å². The molecule has 0 aliphatic heterocycles. The predicted octanol–water partition coefficient (Wildman–Crippen LogP) is 4.15. The Kier molecular flexibility index (Phi) is 6.48. The molecule has 1 amide bonds. The number of ether oxygens (including phenoxy) is 1. The van der Waals surface area contributed by atoms with Gasteiger partial charge in [-0.3, -0.25) is 4.79 Å². The van der Waals surface area contributed by atoms with E-state index >= 15 is 0 Å². The lowest BCUT2D eigenvalue weighted by Crippen LogP contribution is -2.18. The first-order chi connectivity index (χ1) is 14.3. The van der Waals surface area contributed by atoms with Crippen LogP contribution in [0.5, 0.6) is 17.2 Å². The van der Waals surface area contributed by atoms with Gasteiger partial charge in [-0.25, -0.2) is 10.2 Å². The van der Waals surface area contributed by atoms with Gasteiger partial charge < -0.3 is 14.9 Å². The van der Waals surface area contributed by atoms with E-state index in [-0.39, 0.29) is 22.8 Å². The summed E-state index contributed by atoms with van der Waals surface area (Å²) in [5.41, 5.74) is 3.91. The minimum absolute atomic E-state index is 0.0506. The van der Waals surface area contributed by atoms with Gasteiger partial charge >= 0.3 is 5.97 Å². The fraction of sp³-hybridized carbons (Fsp3) is 0.0455. The van der Waals surface area contributed by atoms with Gasteiger partial charge in [0.15, 0.2) is 0 Å². The number of nitrogens with zero attached hydrogens (tertiary/aromatic N) is 1. The van der Waals surface area contributed by atoms with Crippen molar-refractivity contribution < 1.29 is 24.5 Å². The highest BCUT2D eigenvalue weighted by Gasteiger charge is 2.14. The molecule has 7 nitrogen and oxygen atoms in total. The second kappa shape index (κ2) is 9.23. The maximum Gasteiger partial charge on any atom is 0.343 e. The molecule has 0 atom stereocenters. The number of carbonyl (C=O) groups is 2. The number of nitrogens with one attached hydrogen (secondary N) is 1. The van der Waals surface area contributed by atoms with Crippen molar-refractivity contribution in [2.75, 3.05) is 0 Å². The number of phenolic OH excluding ortho intramolecular Hbond substituents is 2. The molecule has 0 aliphatic carbocycles. The Morgan fingerprint density at radius 1 is 1.03 bits per heavy atom. The largest absolute Gasteiger partial charge is 0.508 e. The Hall–Kier alpha value is -3.65. The average molecular weight is 469 g/mol. The second-order valence-electron chi connectivity index (χ2n) is 6.29. The van der Waals surface area contributed by atoms with Crippen LogP contribution in [0.15, 0.2) is 70.2 Å². The summed E-state index contributed by atoms with van der Waals surface area (Å²) >= 11 is 3.35. The second-order valence-corrected chi connectivity index (χ2v) is 7.20. The Bertz CT molecular complexity index is 1140. The van der Waals surface area contributed by atoms with Crippen molar-refractivity contribution in [3.05, 3.63) is 87.4 Å². The molecule has 152 valence electrons. The van der Waals surface area contributed by atoms with Crippen LogP contribution in [0.1, 0.15) is 31.8 Å². The molecule has 0 fully saturated rings. The summed E-state index contributed by atoms with van der Waals surface area (Å²) in [5, 5.41) is 22.9. The van der Waals surface area contributed by atoms with E-state index in [9.17, 15) is 19.8 Å². The lowest BCUT2D eigenvalue weighted by atomic mass is 10.1. The zero-order valence-corrected chi connectivity index (χ0v) is 17.4.